The number of anilines is 1. The first-order valence-electron chi connectivity index (χ1n) is 9.43. The fraction of sp³-hybridized carbons (Fsp3) is 0.350. The number of aromatic nitrogens is 1. The molecule has 1 aromatic carbocycles. The molecule has 0 radical (unpaired) electrons. The monoisotopic (exact) mass is 497 g/mol. The molecule has 2 amide bonds. The Morgan fingerprint density at radius 1 is 1.29 bits per heavy atom. The molecule has 186 valence electrons. The number of hydrogen-bond acceptors (Lipinski definition) is 5. The molecule has 1 saturated heterocycles. The fourth-order valence-corrected chi connectivity index (χ4v) is 3.26. The van der Waals surface area contributed by atoms with Crippen molar-refractivity contribution in [3.63, 3.8) is 0 Å². The van der Waals surface area contributed by atoms with Gasteiger partial charge in [-0.2, -0.15) is 26.3 Å². The molecule has 3 atom stereocenters. The second kappa shape index (κ2) is 11.1. The van der Waals surface area contributed by atoms with E-state index < -0.39 is 60.6 Å². The van der Waals surface area contributed by atoms with Gasteiger partial charge in [0.1, 0.15) is 5.69 Å². The Morgan fingerprint density at radius 2 is 1.97 bits per heavy atom. The molecule has 1 fully saturated rings. The number of nitrogens with two attached hydrogens (primary N) is 1. The van der Waals surface area contributed by atoms with Crippen LogP contribution in [0.4, 0.5) is 36.4 Å². The van der Waals surface area contributed by atoms with Crippen molar-refractivity contribution in [2.45, 2.75) is 31.7 Å². The van der Waals surface area contributed by atoms with E-state index in [1.54, 1.807) is 6.07 Å². The molecule has 14 heteroatoms. The Labute approximate surface area is 188 Å². The summed E-state index contributed by atoms with van der Waals surface area (Å²) in [6, 6.07) is 4.54. The van der Waals surface area contributed by atoms with Gasteiger partial charge in [0.05, 0.1) is 6.61 Å². The molecule has 3 rings (SSSR count). The van der Waals surface area contributed by atoms with Gasteiger partial charge in [-0.25, -0.2) is 4.39 Å². The van der Waals surface area contributed by atoms with Crippen LogP contribution in [0.5, 0.6) is 5.75 Å². The zero-order valence-electron chi connectivity index (χ0n) is 17.3. The predicted octanol–water partition coefficient (Wildman–Crippen LogP) is 4.00. The number of nitrogens with zero attached hydrogens (tertiary/aromatic N) is 1. The molecule has 0 saturated carbocycles. The SMILES string of the molecule is CC1C(c2ccc(F)c(F)c2OC(F)F)COC1C(F)(F)F.NC(=O)c1cc(NC=O)ccn1. The molecule has 1 aromatic heterocycles. The van der Waals surface area contributed by atoms with Crippen LogP contribution in [0.15, 0.2) is 30.5 Å². The first kappa shape index (κ1) is 26.8. The third-order valence-corrected chi connectivity index (χ3v) is 4.82. The molecule has 1 aliphatic rings. The Hall–Kier alpha value is -3.42. The first-order chi connectivity index (χ1) is 15.9. The van der Waals surface area contributed by atoms with Crippen molar-refractivity contribution >= 4 is 18.0 Å². The van der Waals surface area contributed by atoms with E-state index in [0.29, 0.717) is 18.2 Å². The molecule has 0 bridgehead atoms. The largest absolute Gasteiger partial charge is 0.431 e. The maximum absolute atomic E-state index is 13.6. The highest BCUT2D eigenvalue weighted by molar-refractivity contribution is 5.92. The number of hydrogen-bond donors (Lipinski definition) is 2. The van der Waals surface area contributed by atoms with E-state index in [-0.39, 0.29) is 11.3 Å². The van der Waals surface area contributed by atoms with Crippen LogP contribution in [0.3, 0.4) is 0 Å². The molecule has 1 aliphatic heterocycles. The van der Waals surface area contributed by atoms with Gasteiger partial charge < -0.3 is 20.5 Å². The van der Waals surface area contributed by atoms with Crippen molar-refractivity contribution in [3.8, 4) is 5.75 Å². The zero-order valence-corrected chi connectivity index (χ0v) is 17.3. The second-order valence-corrected chi connectivity index (χ2v) is 6.98. The molecular weight excluding hydrogens is 479 g/mol. The number of nitrogens with one attached hydrogen (secondary N) is 1. The van der Waals surface area contributed by atoms with Crippen LogP contribution in [-0.2, 0) is 9.53 Å². The summed E-state index contributed by atoms with van der Waals surface area (Å²) in [6.07, 6.45) is -4.84. The van der Waals surface area contributed by atoms with Gasteiger partial charge in [-0.1, -0.05) is 13.0 Å². The minimum absolute atomic E-state index is 0.127. The van der Waals surface area contributed by atoms with Crippen LogP contribution in [0, 0.1) is 17.6 Å². The first-order valence-corrected chi connectivity index (χ1v) is 9.43. The molecule has 34 heavy (non-hydrogen) atoms. The van der Waals surface area contributed by atoms with Crippen LogP contribution in [0.2, 0.25) is 0 Å². The van der Waals surface area contributed by atoms with Crippen LogP contribution in [-0.4, -0.2) is 42.8 Å². The molecular formula is C20H18F7N3O4. The molecule has 0 spiro atoms. The standard InChI is InChI=1S/C13H11F7O2.C7H7N3O2/c1-5-7(4-21-11(5)13(18,19)20)6-2-3-8(14)9(15)10(6)22-12(16)17;8-7(12)6-3-5(10-4-11)1-2-9-6/h2-3,5,7,11-12H,4H2,1H3;1-4H,(H2,8,12)(H,9,10,11). The molecule has 2 heterocycles. The number of amides is 2. The number of ether oxygens (including phenoxy) is 2. The minimum atomic E-state index is -4.64. The summed E-state index contributed by atoms with van der Waals surface area (Å²) in [5.41, 5.74) is 5.30. The van der Waals surface area contributed by atoms with E-state index in [2.05, 4.69) is 19.8 Å². The highest BCUT2D eigenvalue weighted by atomic mass is 19.4. The maximum atomic E-state index is 13.6. The summed E-state index contributed by atoms with van der Waals surface area (Å²) in [7, 11) is 0. The van der Waals surface area contributed by atoms with Crippen LogP contribution in [0.25, 0.3) is 0 Å². The lowest BCUT2D eigenvalue weighted by Crippen LogP contribution is -2.33. The summed E-state index contributed by atoms with van der Waals surface area (Å²) >= 11 is 0. The Bertz CT molecular complexity index is 1020. The van der Waals surface area contributed by atoms with Crippen LogP contribution >= 0.6 is 0 Å². The van der Waals surface area contributed by atoms with Gasteiger partial charge in [-0.3, -0.25) is 14.6 Å². The predicted molar refractivity (Wildman–Crippen MR) is 103 cm³/mol. The van der Waals surface area contributed by atoms with Gasteiger partial charge in [0.15, 0.2) is 17.7 Å². The number of halogens is 7. The van der Waals surface area contributed by atoms with E-state index in [1.165, 1.54) is 19.2 Å². The average molecular weight is 497 g/mol. The maximum Gasteiger partial charge on any atom is 0.414 e. The highest BCUT2D eigenvalue weighted by Crippen LogP contribution is 2.45. The Morgan fingerprint density at radius 3 is 2.50 bits per heavy atom. The fourth-order valence-electron chi connectivity index (χ4n) is 3.26. The van der Waals surface area contributed by atoms with Crippen molar-refractivity contribution in [1.29, 1.82) is 0 Å². The van der Waals surface area contributed by atoms with Gasteiger partial charge in [-0.15, -0.1) is 0 Å². The number of rotatable bonds is 6. The third kappa shape index (κ3) is 6.56. The number of alkyl halides is 5. The third-order valence-electron chi connectivity index (χ3n) is 4.82. The van der Waals surface area contributed by atoms with E-state index in [9.17, 15) is 40.3 Å². The van der Waals surface area contributed by atoms with E-state index in [4.69, 9.17) is 5.73 Å². The van der Waals surface area contributed by atoms with Crippen molar-refractivity contribution < 1.29 is 49.8 Å². The number of benzene rings is 1. The highest BCUT2D eigenvalue weighted by Gasteiger charge is 2.51. The van der Waals surface area contributed by atoms with Gasteiger partial charge in [0.2, 0.25) is 12.2 Å². The van der Waals surface area contributed by atoms with E-state index >= 15 is 0 Å². The summed E-state index contributed by atoms with van der Waals surface area (Å²) in [4.78, 5) is 24.3. The molecule has 3 N–H and O–H groups in total. The lowest BCUT2D eigenvalue weighted by atomic mass is 9.86. The summed E-state index contributed by atoms with van der Waals surface area (Å²) in [5, 5.41) is 2.37. The smallest absolute Gasteiger partial charge is 0.414 e. The van der Waals surface area contributed by atoms with Crippen molar-refractivity contribution in [1.82, 2.24) is 4.98 Å². The number of pyridine rings is 1. The second-order valence-electron chi connectivity index (χ2n) is 6.98. The van der Waals surface area contributed by atoms with Crippen molar-refractivity contribution in [3.05, 3.63) is 53.4 Å². The lowest BCUT2D eigenvalue weighted by molar-refractivity contribution is -0.215. The van der Waals surface area contributed by atoms with Crippen LogP contribution in [0.1, 0.15) is 28.9 Å². The summed E-state index contributed by atoms with van der Waals surface area (Å²) in [6.45, 7) is -2.70. The van der Waals surface area contributed by atoms with Crippen LogP contribution < -0.4 is 15.8 Å². The van der Waals surface area contributed by atoms with Gasteiger partial charge in [0.25, 0.3) is 5.91 Å². The topological polar surface area (TPSA) is 104 Å². The summed E-state index contributed by atoms with van der Waals surface area (Å²) in [5.74, 6) is -7.01. The molecule has 7 nitrogen and oxygen atoms in total. The van der Waals surface area contributed by atoms with Gasteiger partial charge in [-0.05, 0) is 18.2 Å². The summed E-state index contributed by atoms with van der Waals surface area (Å²) < 4.78 is 98.3. The van der Waals surface area contributed by atoms with Gasteiger partial charge >= 0.3 is 12.8 Å². The zero-order chi connectivity index (χ0) is 25.6. The van der Waals surface area contributed by atoms with Crippen molar-refractivity contribution in [2.75, 3.05) is 11.9 Å². The minimum Gasteiger partial charge on any atom is -0.431 e. The normalized spacial score (nSPS) is 19.9. The number of carbonyl (C=O) groups excluding carboxylic acids is 2. The van der Waals surface area contributed by atoms with E-state index in [0.717, 1.165) is 6.07 Å². The lowest BCUT2D eigenvalue weighted by Gasteiger charge is -2.22. The van der Waals surface area contributed by atoms with Gasteiger partial charge in [0, 0.05) is 29.3 Å². The molecule has 2 aromatic rings. The average Bonchev–Trinajstić information content (AvgIpc) is 3.14. The number of carbonyl (C=O) groups is 2. The Kier molecular flexibility index (Phi) is 8.79. The van der Waals surface area contributed by atoms with E-state index in [1.807, 2.05) is 0 Å². The number of primary amides is 1. The molecule has 0 aliphatic carbocycles. The quantitative estimate of drug-likeness (QED) is 0.464. The van der Waals surface area contributed by atoms with Crippen molar-refractivity contribution in [2.24, 2.45) is 11.7 Å². The molecule has 3 unspecified atom stereocenters. The Balaban J connectivity index is 0.000000287.